The van der Waals surface area contributed by atoms with Crippen molar-refractivity contribution in [3.63, 3.8) is 0 Å². The normalized spacial score (nSPS) is 15.4. The number of benzene rings is 1. The van der Waals surface area contributed by atoms with E-state index in [4.69, 9.17) is 15.2 Å². The molecule has 0 spiro atoms. The van der Waals surface area contributed by atoms with Crippen molar-refractivity contribution in [2.75, 3.05) is 13.7 Å². The molecule has 2 rings (SSSR count). The van der Waals surface area contributed by atoms with Gasteiger partial charge in [0, 0.05) is 19.4 Å². The lowest BCUT2D eigenvalue weighted by Gasteiger charge is -2.40. The van der Waals surface area contributed by atoms with Gasteiger partial charge in [0.15, 0.2) is 0 Å². The number of nitrogens with one attached hydrogen (secondary N) is 1. The van der Waals surface area contributed by atoms with Crippen molar-refractivity contribution < 1.29 is 14.3 Å². The van der Waals surface area contributed by atoms with Crippen molar-refractivity contribution in [2.45, 2.75) is 44.4 Å². The molecule has 0 fully saturated rings. The summed E-state index contributed by atoms with van der Waals surface area (Å²) in [6.07, 6.45) is 2.40. The minimum atomic E-state index is -0.999. The number of H-pyrrole nitrogens is 1. The molecule has 1 aromatic carbocycles. The van der Waals surface area contributed by atoms with Gasteiger partial charge in [0.2, 0.25) is 0 Å². The molecule has 28 heavy (non-hydrogen) atoms. The monoisotopic (exact) mass is 389 g/mol. The van der Waals surface area contributed by atoms with Gasteiger partial charge in [-0.25, -0.2) is 9.59 Å². The molecule has 3 atom stereocenters. The highest BCUT2D eigenvalue weighted by atomic mass is 16.6. The van der Waals surface area contributed by atoms with Crippen LogP contribution >= 0.6 is 0 Å². The van der Waals surface area contributed by atoms with Crippen molar-refractivity contribution in [1.82, 2.24) is 9.55 Å². The quantitative estimate of drug-likeness (QED) is 0.627. The molecule has 0 aliphatic rings. The van der Waals surface area contributed by atoms with Crippen LogP contribution in [0.5, 0.6) is 0 Å². The van der Waals surface area contributed by atoms with Crippen molar-refractivity contribution in [3.05, 3.63) is 69.0 Å². The second kappa shape index (κ2) is 9.48. The van der Waals surface area contributed by atoms with Gasteiger partial charge in [-0.15, -0.1) is 0 Å². The van der Waals surface area contributed by atoms with Crippen LogP contribution in [-0.2, 0) is 9.47 Å². The van der Waals surface area contributed by atoms with Crippen LogP contribution in [0.3, 0.4) is 0 Å². The lowest BCUT2D eigenvalue weighted by atomic mass is 9.86. The van der Waals surface area contributed by atoms with Crippen LogP contribution in [0.1, 0.15) is 43.1 Å². The lowest BCUT2D eigenvalue weighted by Crippen LogP contribution is -2.57. The van der Waals surface area contributed by atoms with Gasteiger partial charge in [-0.2, -0.15) is 0 Å². The minimum Gasteiger partial charge on any atom is -0.459 e. The Hall–Kier alpha value is -2.71. The molecule has 8 nitrogen and oxygen atoms in total. The Balaban J connectivity index is 2.27. The highest BCUT2D eigenvalue weighted by molar-refractivity contribution is 5.89. The summed E-state index contributed by atoms with van der Waals surface area (Å²) in [6, 6.07) is 8.79. The van der Waals surface area contributed by atoms with E-state index < -0.39 is 34.9 Å². The average molecular weight is 389 g/mol. The lowest BCUT2D eigenvalue weighted by molar-refractivity contribution is -0.0885. The van der Waals surface area contributed by atoms with Crippen molar-refractivity contribution in [2.24, 2.45) is 5.73 Å². The fraction of sp³-hybridized carbons (Fsp3) is 0.450. The predicted molar refractivity (Wildman–Crippen MR) is 105 cm³/mol. The van der Waals surface area contributed by atoms with Crippen molar-refractivity contribution >= 4 is 5.97 Å². The average Bonchev–Trinajstić information content (AvgIpc) is 2.71. The van der Waals surface area contributed by atoms with Crippen LogP contribution < -0.4 is 17.0 Å². The SMILES string of the molecule is CC[C@H]([C@H](N)[C@@](CC)(COC(=O)c1ccccc1)OC)n1ccc(=O)[nH]c1=O. The number of carbonyl (C=O) groups is 1. The largest absolute Gasteiger partial charge is 0.459 e. The first-order chi connectivity index (χ1) is 13.4. The predicted octanol–water partition coefficient (Wildman–Crippen LogP) is 1.47. The zero-order valence-corrected chi connectivity index (χ0v) is 16.4. The molecule has 0 amide bonds. The van der Waals surface area contributed by atoms with Crippen LogP contribution in [0, 0.1) is 0 Å². The van der Waals surface area contributed by atoms with E-state index in [0.717, 1.165) is 0 Å². The Morgan fingerprint density at radius 1 is 1.21 bits per heavy atom. The van der Waals surface area contributed by atoms with Gasteiger partial charge < -0.3 is 15.2 Å². The van der Waals surface area contributed by atoms with Gasteiger partial charge in [-0.1, -0.05) is 32.0 Å². The third kappa shape index (κ3) is 4.58. The summed E-state index contributed by atoms with van der Waals surface area (Å²) in [7, 11) is 1.50. The highest BCUT2D eigenvalue weighted by Crippen LogP contribution is 2.28. The molecule has 0 radical (unpaired) electrons. The number of nitrogens with zero attached hydrogens (tertiary/aromatic N) is 1. The molecular formula is C20H27N3O5. The maximum absolute atomic E-state index is 12.3. The van der Waals surface area contributed by atoms with E-state index in [-0.39, 0.29) is 6.61 Å². The summed E-state index contributed by atoms with van der Waals surface area (Å²) >= 11 is 0. The summed E-state index contributed by atoms with van der Waals surface area (Å²) in [5.41, 5.74) is 4.94. The molecule has 0 aliphatic heterocycles. The third-order valence-corrected chi connectivity index (χ3v) is 5.11. The van der Waals surface area contributed by atoms with Gasteiger partial charge >= 0.3 is 11.7 Å². The number of rotatable bonds is 9. The van der Waals surface area contributed by atoms with Crippen LogP contribution in [0.4, 0.5) is 0 Å². The molecule has 8 heteroatoms. The fourth-order valence-corrected chi connectivity index (χ4v) is 3.28. The second-order valence-corrected chi connectivity index (χ2v) is 6.58. The van der Waals surface area contributed by atoms with Gasteiger partial charge in [-0.05, 0) is 25.0 Å². The molecular weight excluding hydrogens is 362 g/mol. The first kappa shape index (κ1) is 21.6. The molecule has 0 aliphatic carbocycles. The summed E-state index contributed by atoms with van der Waals surface area (Å²) in [5, 5.41) is 0. The zero-order valence-electron chi connectivity index (χ0n) is 16.4. The summed E-state index contributed by atoms with van der Waals surface area (Å²) in [5.74, 6) is -0.475. The van der Waals surface area contributed by atoms with E-state index in [0.29, 0.717) is 18.4 Å². The molecule has 1 heterocycles. The van der Waals surface area contributed by atoms with Gasteiger partial charge in [0.1, 0.15) is 12.2 Å². The molecule has 2 aromatic rings. The number of methoxy groups -OCH3 is 1. The van der Waals surface area contributed by atoms with E-state index in [2.05, 4.69) is 4.98 Å². The van der Waals surface area contributed by atoms with Crippen LogP contribution in [0.25, 0.3) is 0 Å². The second-order valence-electron chi connectivity index (χ2n) is 6.58. The minimum absolute atomic E-state index is 0.0660. The Kier molecular flexibility index (Phi) is 7.31. The standard InChI is InChI=1S/C20H27N3O5/c1-4-15(23-12-11-16(24)22-19(23)26)17(21)20(5-2,27-3)13-28-18(25)14-9-7-6-8-10-14/h6-12,15,17H,4-5,13,21H2,1-3H3,(H,22,24,26)/t15-,17+,20-/m1/s1. The number of aromatic amines is 1. The first-order valence-corrected chi connectivity index (χ1v) is 9.23. The number of ether oxygens (including phenoxy) is 2. The molecule has 0 bridgehead atoms. The number of carbonyl (C=O) groups excluding carboxylic acids is 1. The Morgan fingerprint density at radius 3 is 2.43 bits per heavy atom. The molecule has 0 saturated heterocycles. The maximum Gasteiger partial charge on any atom is 0.338 e. The number of hydrogen-bond donors (Lipinski definition) is 2. The molecule has 1 aromatic heterocycles. The van der Waals surface area contributed by atoms with Gasteiger partial charge in [-0.3, -0.25) is 14.3 Å². The summed E-state index contributed by atoms with van der Waals surface area (Å²) in [4.78, 5) is 38.2. The summed E-state index contributed by atoms with van der Waals surface area (Å²) in [6.45, 7) is 3.69. The Labute approximate surface area is 163 Å². The van der Waals surface area contributed by atoms with Crippen LogP contribution in [0.2, 0.25) is 0 Å². The molecule has 0 saturated carbocycles. The van der Waals surface area contributed by atoms with Crippen molar-refractivity contribution in [1.29, 1.82) is 0 Å². The van der Waals surface area contributed by atoms with E-state index in [1.165, 1.54) is 23.9 Å². The van der Waals surface area contributed by atoms with E-state index in [9.17, 15) is 14.4 Å². The van der Waals surface area contributed by atoms with Crippen LogP contribution in [0.15, 0.2) is 52.2 Å². The topological polar surface area (TPSA) is 116 Å². The van der Waals surface area contributed by atoms with E-state index in [1.807, 2.05) is 19.9 Å². The Morgan fingerprint density at radius 2 is 1.89 bits per heavy atom. The van der Waals surface area contributed by atoms with Crippen molar-refractivity contribution in [3.8, 4) is 0 Å². The number of nitrogens with two attached hydrogens (primary N) is 1. The van der Waals surface area contributed by atoms with E-state index in [1.54, 1.807) is 24.3 Å². The maximum atomic E-state index is 12.3. The van der Waals surface area contributed by atoms with E-state index >= 15 is 0 Å². The van der Waals surface area contributed by atoms with Crippen LogP contribution in [-0.4, -0.2) is 40.9 Å². The smallest absolute Gasteiger partial charge is 0.338 e. The number of esters is 1. The summed E-state index contributed by atoms with van der Waals surface area (Å²) < 4.78 is 12.6. The third-order valence-electron chi connectivity index (χ3n) is 5.11. The first-order valence-electron chi connectivity index (χ1n) is 9.23. The highest BCUT2D eigenvalue weighted by Gasteiger charge is 2.41. The zero-order chi connectivity index (χ0) is 20.7. The molecule has 0 unspecified atom stereocenters. The number of hydrogen-bond acceptors (Lipinski definition) is 6. The van der Waals surface area contributed by atoms with Gasteiger partial charge in [0.05, 0.1) is 17.6 Å². The fourth-order valence-electron chi connectivity index (χ4n) is 3.28. The Bertz CT molecular complexity index is 886. The molecule has 3 N–H and O–H groups in total. The molecule has 152 valence electrons. The number of aromatic nitrogens is 2. The van der Waals surface area contributed by atoms with Gasteiger partial charge in [0.25, 0.3) is 5.56 Å².